The molecule has 0 radical (unpaired) electrons. The largest absolute Gasteiger partial charge is 0.436 e. The second-order valence-corrected chi connectivity index (χ2v) is 3.06. The van der Waals surface area contributed by atoms with Crippen LogP contribution < -0.4 is 4.74 Å². The first kappa shape index (κ1) is 10.6. The fourth-order valence-electron chi connectivity index (χ4n) is 1.22. The van der Waals surface area contributed by atoms with Crippen LogP contribution in [-0.4, -0.2) is 9.97 Å². The molecule has 0 amide bonds. The summed E-state index contributed by atoms with van der Waals surface area (Å²) in [6.45, 7) is 0. The van der Waals surface area contributed by atoms with E-state index in [4.69, 9.17) is 15.3 Å². The molecule has 0 fully saturated rings. The minimum Gasteiger partial charge on any atom is -0.436 e. The van der Waals surface area contributed by atoms with E-state index in [0.29, 0.717) is 11.3 Å². The third-order valence-corrected chi connectivity index (χ3v) is 1.95. The summed E-state index contributed by atoms with van der Waals surface area (Å²) in [4.78, 5) is 7.73. The Labute approximate surface area is 97.6 Å². The number of benzene rings is 1. The van der Waals surface area contributed by atoms with Gasteiger partial charge in [-0.15, -0.1) is 0 Å². The summed E-state index contributed by atoms with van der Waals surface area (Å²) in [7, 11) is 0. The van der Waals surface area contributed by atoms with Crippen LogP contribution in [0.5, 0.6) is 11.6 Å². The van der Waals surface area contributed by atoms with Crippen molar-refractivity contribution >= 4 is 0 Å². The van der Waals surface area contributed by atoms with E-state index in [1.807, 2.05) is 12.1 Å². The average Bonchev–Trinajstić information content (AvgIpc) is 2.39. The van der Waals surface area contributed by atoms with E-state index in [2.05, 4.69) is 9.97 Å². The van der Waals surface area contributed by atoms with Gasteiger partial charge >= 0.3 is 0 Å². The van der Waals surface area contributed by atoms with Crippen molar-refractivity contribution in [1.82, 2.24) is 9.97 Å². The molecule has 0 spiro atoms. The monoisotopic (exact) mass is 222 g/mol. The van der Waals surface area contributed by atoms with Crippen LogP contribution in [0.15, 0.2) is 36.7 Å². The second kappa shape index (κ2) is 4.73. The lowest BCUT2D eigenvalue weighted by Gasteiger charge is -2.04. The lowest BCUT2D eigenvalue weighted by atomic mass is 10.2. The van der Waals surface area contributed by atoms with Crippen LogP contribution >= 0.6 is 0 Å². The Bertz CT molecular complexity index is 625. The first-order valence-corrected chi connectivity index (χ1v) is 4.72. The van der Waals surface area contributed by atoms with Crippen molar-refractivity contribution in [2.24, 2.45) is 0 Å². The van der Waals surface area contributed by atoms with Crippen LogP contribution in [0.25, 0.3) is 0 Å². The van der Waals surface area contributed by atoms with Gasteiger partial charge in [-0.3, -0.25) is 0 Å². The van der Waals surface area contributed by atoms with Gasteiger partial charge < -0.3 is 4.74 Å². The fourth-order valence-corrected chi connectivity index (χ4v) is 1.22. The van der Waals surface area contributed by atoms with E-state index in [-0.39, 0.29) is 11.6 Å². The molecule has 0 bridgehead atoms. The standard InChI is InChI=1S/C12H6N4O/c13-7-9-2-1-3-10(6-9)17-12-11(8-14)15-4-5-16-12/h1-6H. The van der Waals surface area contributed by atoms with Crippen LogP contribution in [0.3, 0.4) is 0 Å². The van der Waals surface area contributed by atoms with Gasteiger partial charge in [-0.05, 0) is 18.2 Å². The molecule has 17 heavy (non-hydrogen) atoms. The van der Waals surface area contributed by atoms with Gasteiger partial charge in [0.1, 0.15) is 11.8 Å². The van der Waals surface area contributed by atoms with Crippen molar-refractivity contribution in [2.45, 2.75) is 0 Å². The van der Waals surface area contributed by atoms with E-state index >= 15 is 0 Å². The Hall–Kier alpha value is -2.92. The molecule has 2 rings (SSSR count). The van der Waals surface area contributed by atoms with Crippen molar-refractivity contribution in [3.8, 4) is 23.8 Å². The average molecular weight is 222 g/mol. The molecule has 0 aliphatic heterocycles. The Kier molecular flexibility index (Phi) is 2.95. The predicted molar refractivity (Wildman–Crippen MR) is 58.0 cm³/mol. The first-order valence-electron chi connectivity index (χ1n) is 4.72. The van der Waals surface area contributed by atoms with Crippen molar-refractivity contribution in [1.29, 1.82) is 10.5 Å². The molecule has 0 atom stereocenters. The maximum absolute atomic E-state index is 8.81. The summed E-state index contributed by atoms with van der Waals surface area (Å²) in [5, 5.41) is 17.6. The number of hydrogen-bond acceptors (Lipinski definition) is 5. The summed E-state index contributed by atoms with van der Waals surface area (Å²) < 4.78 is 5.40. The maximum atomic E-state index is 8.81. The summed E-state index contributed by atoms with van der Waals surface area (Å²) >= 11 is 0. The molecule has 0 N–H and O–H groups in total. The lowest BCUT2D eigenvalue weighted by molar-refractivity contribution is 0.458. The highest BCUT2D eigenvalue weighted by Crippen LogP contribution is 2.21. The molecule has 1 aromatic carbocycles. The molecule has 5 nitrogen and oxygen atoms in total. The van der Waals surface area contributed by atoms with Crippen LogP contribution in [0.1, 0.15) is 11.3 Å². The molecule has 0 aliphatic rings. The molecule has 5 heteroatoms. The third kappa shape index (κ3) is 2.36. The third-order valence-electron chi connectivity index (χ3n) is 1.95. The quantitative estimate of drug-likeness (QED) is 0.776. The lowest BCUT2D eigenvalue weighted by Crippen LogP contribution is -1.94. The molecule has 0 aliphatic carbocycles. The van der Waals surface area contributed by atoms with E-state index in [1.54, 1.807) is 24.3 Å². The summed E-state index contributed by atoms with van der Waals surface area (Å²) in [5.41, 5.74) is 0.583. The molecular formula is C12H6N4O. The molecule has 0 saturated carbocycles. The fraction of sp³-hybridized carbons (Fsp3) is 0. The van der Waals surface area contributed by atoms with Crippen molar-refractivity contribution in [3.63, 3.8) is 0 Å². The van der Waals surface area contributed by atoms with Gasteiger partial charge in [-0.25, -0.2) is 9.97 Å². The highest BCUT2D eigenvalue weighted by Gasteiger charge is 2.06. The van der Waals surface area contributed by atoms with Crippen molar-refractivity contribution < 1.29 is 4.74 Å². The summed E-state index contributed by atoms with van der Waals surface area (Å²) in [6.07, 6.45) is 2.85. The van der Waals surface area contributed by atoms with E-state index in [0.717, 1.165) is 0 Å². The number of hydrogen-bond donors (Lipinski definition) is 0. The Morgan fingerprint density at radius 1 is 1.06 bits per heavy atom. The number of rotatable bonds is 2. The number of nitrogens with zero attached hydrogens (tertiary/aromatic N) is 4. The topological polar surface area (TPSA) is 82.6 Å². The maximum Gasteiger partial charge on any atom is 0.256 e. The van der Waals surface area contributed by atoms with Gasteiger partial charge in [-0.2, -0.15) is 10.5 Å². The molecule has 0 unspecified atom stereocenters. The summed E-state index contributed by atoms with van der Waals surface area (Å²) in [6, 6.07) is 10.5. The molecular weight excluding hydrogens is 216 g/mol. The highest BCUT2D eigenvalue weighted by molar-refractivity contribution is 5.39. The zero-order valence-corrected chi connectivity index (χ0v) is 8.66. The highest BCUT2D eigenvalue weighted by atomic mass is 16.5. The second-order valence-electron chi connectivity index (χ2n) is 3.06. The van der Waals surface area contributed by atoms with E-state index in [1.165, 1.54) is 12.4 Å². The van der Waals surface area contributed by atoms with Crippen molar-refractivity contribution in [2.75, 3.05) is 0 Å². The number of aromatic nitrogens is 2. The zero-order chi connectivity index (χ0) is 12.1. The SMILES string of the molecule is N#Cc1cccc(Oc2nccnc2C#N)c1. The van der Waals surface area contributed by atoms with Gasteiger partial charge in [0.2, 0.25) is 5.69 Å². The van der Waals surface area contributed by atoms with Crippen LogP contribution in [0, 0.1) is 22.7 Å². The van der Waals surface area contributed by atoms with Gasteiger partial charge in [0.25, 0.3) is 5.88 Å². The summed E-state index contributed by atoms with van der Waals surface area (Å²) in [5.74, 6) is 0.575. The predicted octanol–water partition coefficient (Wildman–Crippen LogP) is 2.01. The molecule has 1 heterocycles. The Balaban J connectivity index is 2.32. The van der Waals surface area contributed by atoms with Crippen molar-refractivity contribution in [3.05, 3.63) is 47.9 Å². The molecule has 0 saturated heterocycles. The molecule has 2 aromatic rings. The van der Waals surface area contributed by atoms with Crippen LogP contribution in [0.4, 0.5) is 0 Å². The Morgan fingerprint density at radius 2 is 1.88 bits per heavy atom. The normalized spacial score (nSPS) is 9.06. The van der Waals surface area contributed by atoms with E-state index < -0.39 is 0 Å². The van der Waals surface area contributed by atoms with Gasteiger partial charge in [0.15, 0.2) is 0 Å². The molecule has 1 aromatic heterocycles. The minimum atomic E-state index is 0.106. The van der Waals surface area contributed by atoms with Gasteiger partial charge in [-0.1, -0.05) is 6.07 Å². The molecule has 80 valence electrons. The van der Waals surface area contributed by atoms with E-state index in [9.17, 15) is 0 Å². The number of nitriles is 2. The van der Waals surface area contributed by atoms with Gasteiger partial charge in [0, 0.05) is 12.4 Å². The van der Waals surface area contributed by atoms with Crippen LogP contribution in [-0.2, 0) is 0 Å². The van der Waals surface area contributed by atoms with Crippen LogP contribution in [0.2, 0.25) is 0 Å². The number of ether oxygens (including phenoxy) is 1. The first-order chi connectivity index (χ1) is 8.33. The smallest absolute Gasteiger partial charge is 0.256 e. The Morgan fingerprint density at radius 3 is 2.65 bits per heavy atom. The van der Waals surface area contributed by atoms with Gasteiger partial charge in [0.05, 0.1) is 11.6 Å². The zero-order valence-electron chi connectivity index (χ0n) is 8.66. The minimum absolute atomic E-state index is 0.106.